The second-order valence-corrected chi connectivity index (χ2v) is 5.49. The minimum Gasteiger partial charge on any atom is -0.325 e. The maximum absolute atomic E-state index is 12.1. The van der Waals surface area contributed by atoms with Gasteiger partial charge in [0.15, 0.2) is 0 Å². The number of carbonyl (C=O) groups excluding carboxylic acids is 1. The number of hydrogen-bond acceptors (Lipinski definition) is 1. The highest BCUT2D eigenvalue weighted by atomic mass is 79.9. The number of rotatable bonds is 3. The summed E-state index contributed by atoms with van der Waals surface area (Å²) in [4.78, 5) is 12.1. The van der Waals surface area contributed by atoms with Crippen LogP contribution in [0.3, 0.4) is 0 Å². The number of benzene rings is 2. The zero-order chi connectivity index (χ0) is 13.8. The van der Waals surface area contributed by atoms with Crippen LogP contribution in [-0.4, -0.2) is 5.91 Å². The Morgan fingerprint density at radius 1 is 1.16 bits per heavy atom. The van der Waals surface area contributed by atoms with Crippen LogP contribution in [0, 0.1) is 13.8 Å². The van der Waals surface area contributed by atoms with Gasteiger partial charge in [-0.15, -0.1) is 0 Å². The smallest absolute Gasteiger partial charge is 0.228 e. The highest BCUT2D eigenvalue weighted by Crippen LogP contribution is 2.21. The van der Waals surface area contributed by atoms with Crippen LogP contribution in [0.5, 0.6) is 0 Å². The molecule has 0 fully saturated rings. The number of hydrogen-bond donors (Lipinski definition) is 1. The van der Waals surface area contributed by atoms with Gasteiger partial charge in [-0.05, 0) is 53.0 Å². The molecule has 0 aliphatic carbocycles. The van der Waals surface area contributed by atoms with E-state index in [0.29, 0.717) is 6.42 Å². The van der Waals surface area contributed by atoms with Crippen LogP contribution in [0.1, 0.15) is 16.7 Å². The Morgan fingerprint density at radius 2 is 1.89 bits per heavy atom. The fourth-order valence-corrected chi connectivity index (χ4v) is 2.30. The summed E-state index contributed by atoms with van der Waals surface area (Å²) in [6, 6.07) is 13.8. The molecule has 0 saturated carbocycles. The number of nitrogens with one attached hydrogen (secondary N) is 1. The van der Waals surface area contributed by atoms with Gasteiger partial charge in [-0.1, -0.05) is 35.9 Å². The molecule has 1 N–H and O–H groups in total. The van der Waals surface area contributed by atoms with Gasteiger partial charge in [0.2, 0.25) is 5.91 Å². The summed E-state index contributed by atoms with van der Waals surface area (Å²) in [5.41, 5.74) is 4.20. The van der Waals surface area contributed by atoms with Gasteiger partial charge < -0.3 is 5.32 Å². The molecular weight excluding hydrogens is 302 g/mol. The van der Waals surface area contributed by atoms with Crippen molar-refractivity contribution in [3.05, 3.63) is 63.6 Å². The maximum Gasteiger partial charge on any atom is 0.228 e. The molecule has 0 bridgehead atoms. The fraction of sp³-hybridized carbons (Fsp3) is 0.188. The number of halogens is 1. The monoisotopic (exact) mass is 317 g/mol. The first-order chi connectivity index (χ1) is 9.06. The summed E-state index contributed by atoms with van der Waals surface area (Å²) in [6.07, 6.45) is 0.398. The minimum atomic E-state index is 0.000556. The number of aryl methyl sites for hydroxylation is 2. The molecule has 2 aromatic carbocycles. The standard InChI is InChI=1S/C16H16BrNO/c1-11-7-8-12(2)13(9-11)10-16(19)18-15-6-4-3-5-14(15)17/h3-9H,10H2,1-2H3,(H,18,19). The van der Waals surface area contributed by atoms with E-state index in [1.807, 2.05) is 38.1 Å². The lowest BCUT2D eigenvalue weighted by atomic mass is 10.0. The van der Waals surface area contributed by atoms with Crippen LogP contribution in [0.2, 0.25) is 0 Å². The first-order valence-electron chi connectivity index (χ1n) is 6.17. The van der Waals surface area contributed by atoms with E-state index in [9.17, 15) is 4.79 Å². The van der Waals surface area contributed by atoms with E-state index < -0.39 is 0 Å². The van der Waals surface area contributed by atoms with Crippen LogP contribution in [0.4, 0.5) is 5.69 Å². The quantitative estimate of drug-likeness (QED) is 0.901. The first-order valence-corrected chi connectivity index (χ1v) is 6.96. The Balaban J connectivity index is 2.10. The van der Waals surface area contributed by atoms with Crippen molar-refractivity contribution in [2.75, 3.05) is 5.32 Å². The second-order valence-electron chi connectivity index (χ2n) is 4.63. The van der Waals surface area contributed by atoms with E-state index in [0.717, 1.165) is 21.3 Å². The highest BCUT2D eigenvalue weighted by Gasteiger charge is 2.08. The zero-order valence-electron chi connectivity index (χ0n) is 11.0. The molecule has 0 heterocycles. The predicted octanol–water partition coefficient (Wildman–Crippen LogP) is 4.25. The van der Waals surface area contributed by atoms with Crippen LogP contribution < -0.4 is 5.32 Å². The van der Waals surface area contributed by atoms with Crippen LogP contribution in [0.25, 0.3) is 0 Å². The van der Waals surface area contributed by atoms with Crippen molar-refractivity contribution in [3.63, 3.8) is 0 Å². The molecular formula is C16H16BrNO. The number of amides is 1. The lowest BCUT2D eigenvalue weighted by molar-refractivity contribution is -0.115. The van der Waals surface area contributed by atoms with Crippen molar-refractivity contribution >= 4 is 27.5 Å². The average molecular weight is 318 g/mol. The Labute approximate surface area is 122 Å². The van der Waals surface area contributed by atoms with Gasteiger partial charge in [0.05, 0.1) is 12.1 Å². The van der Waals surface area contributed by atoms with E-state index in [1.165, 1.54) is 5.56 Å². The second kappa shape index (κ2) is 6.02. The van der Waals surface area contributed by atoms with Gasteiger partial charge in [0, 0.05) is 4.47 Å². The molecule has 0 spiro atoms. The molecule has 0 aliphatic rings. The van der Waals surface area contributed by atoms with Crippen molar-refractivity contribution in [2.24, 2.45) is 0 Å². The number of carbonyl (C=O) groups is 1. The molecule has 0 aromatic heterocycles. The lowest BCUT2D eigenvalue weighted by Gasteiger charge is -2.09. The summed E-state index contributed by atoms with van der Waals surface area (Å²) in [5, 5.41) is 2.92. The summed E-state index contributed by atoms with van der Waals surface area (Å²) in [7, 11) is 0. The third kappa shape index (κ3) is 3.67. The van der Waals surface area contributed by atoms with Gasteiger partial charge in [-0.3, -0.25) is 4.79 Å². The minimum absolute atomic E-state index is 0.000556. The van der Waals surface area contributed by atoms with Gasteiger partial charge >= 0.3 is 0 Å². The molecule has 98 valence electrons. The Morgan fingerprint density at radius 3 is 2.63 bits per heavy atom. The summed E-state index contributed by atoms with van der Waals surface area (Å²) < 4.78 is 0.893. The van der Waals surface area contributed by atoms with Crippen LogP contribution in [0.15, 0.2) is 46.9 Å². The van der Waals surface area contributed by atoms with E-state index in [2.05, 4.69) is 39.4 Å². The molecule has 0 radical (unpaired) electrons. The van der Waals surface area contributed by atoms with Crippen LogP contribution in [-0.2, 0) is 11.2 Å². The highest BCUT2D eigenvalue weighted by molar-refractivity contribution is 9.10. The third-order valence-corrected chi connectivity index (χ3v) is 3.70. The molecule has 0 saturated heterocycles. The Bertz CT molecular complexity index is 607. The summed E-state index contributed by atoms with van der Waals surface area (Å²) in [5.74, 6) is 0.000556. The molecule has 0 aliphatic heterocycles. The molecule has 2 aromatic rings. The van der Waals surface area contributed by atoms with Crippen molar-refractivity contribution in [1.29, 1.82) is 0 Å². The summed E-state index contributed by atoms with van der Waals surface area (Å²) in [6.45, 7) is 4.06. The Hall–Kier alpha value is -1.61. The molecule has 2 nitrogen and oxygen atoms in total. The third-order valence-electron chi connectivity index (χ3n) is 3.00. The normalized spacial score (nSPS) is 10.3. The average Bonchev–Trinajstić information content (AvgIpc) is 2.37. The molecule has 0 atom stereocenters. The topological polar surface area (TPSA) is 29.1 Å². The van der Waals surface area contributed by atoms with Gasteiger partial charge in [0.25, 0.3) is 0 Å². The van der Waals surface area contributed by atoms with Crippen molar-refractivity contribution < 1.29 is 4.79 Å². The van der Waals surface area contributed by atoms with Gasteiger partial charge in [0.1, 0.15) is 0 Å². The molecule has 3 heteroatoms. The number of anilines is 1. The fourth-order valence-electron chi connectivity index (χ4n) is 1.92. The predicted molar refractivity (Wildman–Crippen MR) is 82.4 cm³/mol. The van der Waals surface area contributed by atoms with E-state index in [-0.39, 0.29) is 5.91 Å². The van der Waals surface area contributed by atoms with E-state index in [1.54, 1.807) is 0 Å². The Kier molecular flexibility index (Phi) is 4.38. The van der Waals surface area contributed by atoms with Crippen LogP contribution >= 0.6 is 15.9 Å². The van der Waals surface area contributed by atoms with Crippen molar-refractivity contribution in [2.45, 2.75) is 20.3 Å². The van der Waals surface area contributed by atoms with E-state index in [4.69, 9.17) is 0 Å². The molecule has 19 heavy (non-hydrogen) atoms. The SMILES string of the molecule is Cc1ccc(C)c(CC(=O)Nc2ccccc2Br)c1. The molecule has 2 rings (SSSR count). The van der Waals surface area contributed by atoms with Crippen molar-refractivity contribution in [3.8, 4) is 0 Å². The lowest BCUT2D eigenvalue weighted by Crippen LogP contribution is -2.15. The summed E-state index contributed by atoms with van der Waals surface area (Å²) >= 11 is 3.42. The first kappa shape index (κ1) is 13.8. The molecule has 0 unspecified atom stereocenters. The van der Waals surface area contributed by atoms with E-state index >= 15 is 0 Å². The number of para-hydroxylation sites is 1. The maximum atomic E-state index is 12.1. The van der Waals surface area contributed by atoms with Crippen molar-refractivity contribution in [1.82, 2.24) is 0 Å². The van der Waals surface area contributed by atoms with Gasteiger partial charge in [-0.2, -0.15) is 0 Å². The van der Waals surface area contributed by atoms with Gasteiger partial charge in [-0.25, -0.2) is 0 Å². The zero-order valence-corrected chi connectivity index (χ0v) is 12.6. The molecule has 1 amide bonds. The largest absolute Gasteiger partial charge is 0.325 e.